The summed E-state index contributed by atoms with van der Waals surface area (Å²) in [6.45, 7) is 6.45. The highest BCUT2D eigenvalue weighted by atomic mass is 32.2. The Kier molecular flexibility index (Phi) is 8.55. The highest BCUT2D eigenvalue weighted by Crippen LogP contribution is 2.28. The van der Waals surface area contributed by atoms with Crippen LogP contribution >= 0.6 is 0 Å². The van der Waals surface area contributed by atoms with Gasteiger partial charge in [-0.05, 0) is 53.6 Å². The molecule has 0 unspecified atom stereocenters. The summed E-state index contributed by atoms with van der Waals surface area (Å²) in [6.07, 6.45) is 2.56. The molecule has 7 nitrogen and oxygen atoms in total. The van der Waals surface area contributed by atoms with Crippen LogP contribution in [0.3, 0.4) is 0 Å². The summed E-state index contributed by atoms with van der Waals surface area (Å²) in [4.78, 5) is 12.4. The Morgan fingerprint density at radius 1 is 1.00 bits per heavy atom. The largest absolute Gasteiger partial charge is 0.493 e. The number of benzene rings is 2. The smallest absolute Gasteiger partial charge is 0.240 e. The Morgan fingerprint density at radius 2 is 1.62 bits per heavy atom. The van der Waals surface area contributed by atoms with E-state index in [0.29, 0.717) is 30.2 Å². The first-order valence-corrected chi connectivity index (χ1v) is 12.4. The number of aryl methyl sites for hydroxylation is 1. The molecule has 8 heteroatoms. The van der Waals surface area contributed by atoms with Crippen LogP contribution in [0.5, 0.6) is 11.5 Å². The van der Waals surface area contributed by atoms with Gasteiger partial charge in [-0.3, -0.25) is 9.10 Å². The van der Waals surface area contributed by atoms with Gasteiger partial charge in [0.2, 0.25) is 15.9 Å². The van der Waals surface area contributed by atoms with Gasteiger partial charge in [0, 0.05) is 6.54 Å². The molecule has 2 aromatic rings. The first kappa shape index (κ1) is 25.5. The van der Waals surface area contributed by atoms with Gasteiger partial charge >= 0.3 is 0 Å². The first-order chi connectivity index (χ1) is 15.0. The molecule has 0 aliphatic carbocycles. The number of rotatable bonds is 10. The molecule has 0 aromatic heterocycles. The molecular formula is C24H34N2O5S. The van der Waals surface area contributed by atoms with E-state index in [-0.39, 0.29) is 17.9 Å². The van der Waals surface area contributed by atoms with E-state index in [4.69, 9.17) is 9.47 Å². The zero-order chi connectivity index (χ0) is 23.9. The van der Waals surface area contributed by atoms with E-state index in [1.165, 1.54) is 0 Å². The number of carbonyl (C=O) groups excluding carboxylic acids is 1. The number of carbonyl (C=O) groups is 1. The van der Waals surface area contributed by atoms with Crippen molar-refractivity contribution in [2.24, 2.45) is 0 Å². The standard InChI is InChI=1S/C24H34N2O5S/c1-24(2,3)19-10-12-20(13-11-19)26(32(6,28)29)17-23(27)25-15-7-8-18-9-14-21(30-4)22(16-18)31-5/h9-14,16H,7-8,15,17H2,1-6H3,(H,25,27). The van der Waals surface area contributed by atoms with E-state index in [1.54, 1.807) is 26.4 Å². The number of hydrogen-bond donors (Lipinski definition) is 1. The Labute approximate surface area is 191 Å². The molecule has 0 atom stereocenters. The topological polar surface area (TPSA) is 84.9 Å². The fourth-order valence-electron chi connectivity index (χ4n) is 3.27. The van der Waals surface area contributed by atoms with Gasteiger partial charge < -0.3 is 14.8 Å². The van der Waals surface area contributed by atoms with E-state index < -0.39 is 10.0 Å². The van der Waals surface area contributed by atoms with Crippen LogP contribution in [0.25, 0.3) is 0 Å². The molecule has 0 aliphatic heterocycles. The SMILES string of the molecule is COc1ccc(CCCNC(=O)CN(c2ccc(C(C)(C)C)cc2)S(C)(=O)=O)cc1OC. The Bertz CT molecular complexity index is 1010. The second-order valence-corrected chi connectivity index (χ2v) is 10.6. The molecule has 0 heterocycles. The minimum atomic E-state index is -3.60. The summed E-state index contributed by atoms with van der Waals surface area (Å²) in [5, 5.41) is 2.81. The predicted molar refractivity (Wildman–Crippen MR) is 128 cm³/mol. The average Bonchev–Trinajstić information content (AvgIpc) is 2.73. The van der Waals surface area contributed by atoms with Crippen molar-refractivity contribution in [2.45, 2.75) is 39.0 Å². The molecule has 0 saturated carbocycles. The van der Waals surface area contributed by atoms with Crippen molar-refractivity contribution in [2.75, 3.05) is 37.9 Å². The van der Waals surface area contributed by atoms with Gasteiger partial charge in [-0.25, -0.2) is 8.42 Å². The van der Waals surface area contributed by atoms with Crippen molar-refractivity contribution in [1.29, 1.82) is 0 Å². The van der Waals surface area contributed by atoms with Gasteiger partial charge in [-0.1, -0.05) is 39.0 Å². The van der Waals surface area contributed by atoms with Crippen molar-refractivity contribution in [3.05, 3.63) is 53.6 Å². The van der Waals surface area contributed by atoms with Crippen LogP contribution < -0.4 is 19.1 Å². The van der Waals surface area contributed by atoms with Gasteiger partial charge in [0.25, 0.3) is 0 Å². The lowest BCUT2D eigenvalue weighted by molar-refractivity contribution is -0.119. The zero-order valence-corrected chi connectivity index (χ0v) is 20.6. The molecule has 0 fully saturated rings. The van der Waals surface area contributed by atoms with Crippen LogP contribution in [-0.4, -0.2) is 47.9 Å². The van der Waals surface area contributed by atoms with Crippen LogP contribution in [0.2, 0.25) is 0 Å². The van der Waals surface area contributed by atoms with Crippen LogP contribution in [0.1, 0.15) is 38.3 Å². The third-order valence-corrected chi connectivity index (χ3v) is 6.26. The molecule has 0 bridgehead atoms. The first-order valence-electron chi connectivity index (χ1n) is 10.5. The molecule has 32 heavy (non-hydrogen) atoms. The highest BCUT2D eigenvalue weighted by molar-refractivity contribution is 7.92. The fraction of sp³-hybridized carbons (Fsp3) is 0.458. The van der Waals surface area contributed by atoms with E-state index >= 15 is 0 Å². The molecule has 0 spiro atoms. The van der Waals surface area contributed by atoms with Crippen LogP contribution in [0, 0.1) is 0 Å². The number of amides is 1. The Morgan fingerprint density at radius 3 is 2.16 bits per heavy atom. The van der Waals surface area contributed by atoms with E-state index in [0.717, 1.165) is 28.1 Å². The quantitative estimate of drug-likeness (QED) is 0.546. The summed E-state index contributed by atoms with van der Waals surface area (Å²) in [7, 11) is -0.424. The summed E-state index contributed by atoms with van der Waals surface area (Å²) in [6, 6.07) is 13.0. The Hall–Kier alpha value is -2.74. The van der Waals surface area contributed by atoms with Crippen LogP contribution in [-0.2, 0) is 26.7 Å². The minimum absolute atomic E-state index is 0.0419. The maximum Gasteiger partial charge on any atom is 0.240 e. The van der Waals surface area contributed by atoms with E-state index in [1.807, 2.05) is 30.3 Å². The maximum atomic E-state index is 12.4. The van der Waals surface area contributed by atoms with Crippen LogP contribution in [0.4, 0.5) is 5.69 Å². The van der Waals surface area contributed by atoms with Gasteiger partial charge in [0.05, 0.1) is 26.2 Å². The number of anilines is 1. The van der Waals surface area contributed by atoms with Crippen molar-refractivity contribution >= 4 is 21.6 Å². The number of hydrogen-bond acceptors (Lipinski definition) is 5. The van der Waals surface area contributed by atoms with E-state index in [2.05, 4.69) is 26.1 Å². The zero-order valence-electron chi connectivity index (χ0n) is 19.8. The molecule has 0 saturated heterocycles. The summed E-state index contributed by atoms with van der Waals surface area (Å²) in [5.41, 5.74) is 2.59. The van der Waals surface area contributed by atoms with Gasteiger partial charge in [0.15, 0.2) is 11.5 Å². The molecule has 1 amide bonds. The predicted octanol–water partition coefficient (Wildman–Crippen LogP) is 3.52. The summed E-state index contributed by atoms with van der Waals surface area (Å²) in [5.74, 6) is 0.985. The van der Waals surface area contributed by atoms with Crippen molar-refractivity contribution < 1.29 is 22.7 Å². The monoisotopic (exact) mass is 462 g/mol. The number of ether oxygens (including phenoxy) is 2. The second-order valence-electron chi connectivity index (χ2n) is 8.71. The fourth-order valence-corrected chi connectivity index (χ4v) is 4.13. The minimum Gasteiger partial charge on any atom is -0.493 e. The molecule has 0 radical (unpaired) electrons. The lowest BCUT2D eigenvalue weighted by atomic mass is 9.87. The number of methoxy groups -OCH3 is 2. The number of nitrogens with one attached hydrogen (secondary N) is 1. The lowest BCUT2D eigenvalue weighted by Crippen LogP contribution is -2.40. The molecule has 1 N–H and O–H groups in total. The summed E-state index contributed by atoms with van der Waals surface area (Å²) < 4.78 is 36.3. The molecule has 0 aliphatic rings. The van der Waals surface area contributed by atoms with Crippen molar-refractivity contribution in [3.8, 4) is 11.5 Å². The van der Waals surface area contributed by atoms with Crippen molar-refractivity contribution in [3.63, 3.8) is 0 Å². The molecular weight excluding hydrogens is 428 g/mol. The molecule has 176 valence electrons. The molecule has 2 rings (SSSR count). The van der Waals surface area contributed by atoms with Gasteiger partial charge in [0.1, 0.15) is 6.54 Å². The Balaban J connectivity index is 1.94. The third-order valence-electron chi connectivity index (χ3n) is 5.12. The average molecular weight is 463 g/mol. The van der Waals surface area contributed by atoms with Crippen molar-refractivity contribution in [1.82, 2.24) is 5.32 Å². The van der Waals surface area contributed by atoms with Crippen LogP contribution in [0.15, 0.2) is 42.5 Å². The second kappa shape index (κ2) is 10.7. The lowest BCUT2D eigenvalue weighted by Gasteiger charge is -2.24. The summed E-state index contributed by atoms with van der Waals surface area (Å²) >= 11 is 0. The van der Waals surface area contributed by atoms with Gasteiger partial charge in [-0.15, -0.1) is 0 Å². The number of nitrogens with zero attached hydrogens (tertiary/aromatic N) is 1. The van der Waals surface area contributed by atoms with E-state index in [9.17, 15) is 13.2 Å². The highest BCUT2D eigenvalue weighted by Gasteiger charge is 2.22. The molecule has 2 aromatic carbocycles. The maximum absolute atomic E-state index is 12.4. The number of sulfonamides is 1. The van der Waals surface area contributed by atoms with Gasteiger partial charge in [-0.2, -0.15) is 0 Å². The third kappa shape index (κ3) is 7.15. The normalized spacial score (nSPS) is 11.7.